The molecule has 0 amide bonds. The lowest BCUT2D eigenvalue weighted by molar-refractivity contribution is -0.137. The molecular formula is C10H11ClO3. The van der Waals surface area contributed by atoms with Gasteiger partial charge in [-0.05, 0) is 18.1 Å². The number of halogens is 1. The second-order valence-electron chi connectivity index (χ2n) is 3.17. The van der Waals surface area contributed by atoms with Gasteiger partial charge in [0.25, 0.3) is 0 Å². The predicted octanol–water partition coefficient (Wildman–Crippen LogP) is 2.62. The van der Waals surface area contributed by atoms with Crippen molar-refractivity contribution in [1.29, 1.82) is 0 Å². The zero-order valence-corrected chi connectivity index (χ0v) is 8.45. The summed E-state index contributed by atoms with van der Waals surface area (Å²) in [6.07, 6.45) is -0.0444. The van der Waals surface area contributed by atoms with Gasteiger partial charge in [-0.3, -0.25) is 4.79 Å². The molecule has 0 bridgehead atoms. The standard InChI is InChI=1S/C10H11ClO3/c1-6(5-9(13)14)10-7(11)3-2-4-8(10)12/h2-4,6,12H,5H2,1H3,(H,13,14). The molecule has 0 spiro atoms. The molecule has 0 radical (unpaired) electrons. The van der Waals surface area contributed by atoms with Crippen molar-refractivity contribution in [2.24, 2.45) is 0 Å². The molecule has 0 aliphatic rings. The quantitative estimate of drug-likeness (QED) is 0.813. The summed E-state index contributed by atoms with van der Waals surface area (Å²) in [4.78, 5) is 10.5. The van der Waals surface area contributed by atoms with E-state index < -0.39 is 5.97 Å². The Morgan fingerprint density at radius 3 is 2.71 bits per heavy atom. The Hall–Kier alpha value is -1.22. The third-order valence-electron chi connectivity index (χ3n) is 2.00. The number of carbonyl (C=O) groups is 1. The SMILES string of the molecule is CC(CC(=O)O)c1c(O)cccc1Cl. The average Bonchev–Trinajstić information content (AvgIpc) is 2.01. The van der Waals surface area contributed by atoms with Crippen molar-refractivity contribution in [3.63, 3.8) is 0 Å². The normalized spacial score (nSPS) is 12.4. The van der Waals surface area contributed by atoms with Crippen LogP contribution in [0, 0.1) is 0 Å². The van der Waals surface area contributed by atoms with Crippen molar-refractivity contribution in [2.75, 3.05) is 0 Å². The number of hydrogen-bond acceptors (Lipinski definition) is 2. The summed E-state index contributed by atoms with van der Waals surface area (Å²) >= 11 is 5.85. The molecule has 0 aromatic heterocycles. The number of carboxylic acid groups (broad SMARTS) is 1. The van der Waals surface area contributed by atoms with E-state index in [1.54, 1.807) is 19.1 Å². The van der Waals surface area contributed by atoms with E-state index >= 15 is 0 Å². The second kappa shape index (κ2) is 4.33. The first-order valence-corrected chi connectivity index (χ1v) is 4.59. The Bertz CT molecular complexity index is 329. The predicted molar refractivity (Wildman–Crippen MR) is 53.8 cm³/mol. The second-order valence-corrected chi connectivity index (χ2v) is 3.58. The number of carboxylic acids is 1. The molecule has 2 N–H and O–H groups in total. The molecule has 0 aliphatic carbocycles. The van der Waals surface area contributed by atoms with E-state index in [9.17, 15) is 9.90 Å². The van der Waals surface area contributed by atoms with E-state index in [2.05, 4.69) is 0 Å². The van der Waals surface area contributed by atoms with Gasteiger partial charge in [0.05, 0.1) is 6.42 Å². The molecule has 0 fully saturated rings. The lowest BCUT2D eigenvalue weighted by Crippen LogP contribution is -2.03. The molecule has 1 atom stereocenters. The van der Waals surface area contributed by atoms with Gasteiger partial charge in [-0.25, -0.2) is 0 Å². The minimum absolute atomic E-state index is 0.0444. The highest BCUT2D eigenvalue weighted by molar-refractivity contribution is 6.31. The van der Waals surface area contributed by atoms with Crippen LogP contribution in [0.5, 0.6) is 5.75 Å². The number of benzene rings is 1. The smallest absolute Gasteiger partial charge is 0.303 e. The summed E-state index contributed by atoms with van der Waals surface area (Å²) in [5, 5.41) is 18.5. The van der Waals surface area contributed by atoms with Gasteiger partial charge >= 0.3 is 5.97 Å². The molecule has 1 aromatic rings. The largest absolute Gasteiger partial charge is 0.508 e. The molecule has 14 heavy (non-hydrogen) atoms. The number of phenols is 1. The Morgan fingerprint density at radius 1 is 1.57 bits per heavy atom. The van der Waals surface area contributed by atoms with Gasteiger partial charge < -0.3 is 10.2 Å². The topological polar surface area (TPSA) is 57.5 Å². The lowest BCUT2D eigenvalue weighted by atomic mass is 9.97. The number of phenolic OH excluding ortho intramolecular Hbond substituents is 1. The summed E-state index contributed by atoms with van der Waals surface area (Å²) < 4.78 is 0. The van der Waals surface area contributed by atoms with Gasteiger partial charge in [0.1, 0.15) is 5.75 Å². The first-order valence-electron chi connectivity index (χ1n) is 4.21. The van der Waals surface area contributed by atoms with Crippen LogP contribution < -0.4 is 0 Å². The molecule has 76 valence electrons. The van der Waals surface area contributed by atoms with Gasteiger partial charge in [0, 0.05) is 10.6 Å². The minimum atomic E-state index is -0.906. The Labute approximate surface area is 86.9 Å². The molecule has 0 heterocycles. The number of aliphatic carboxylic acids is 1. The highest BCUT2D eigenvalue weighted by atomic mass is 35.5. The van der Waals surface area contributed by atoms with Crippen LogP contribution in [0.1, 0.15) is 24.8 Å². The van der Waals surface area contributed by atoms with Gasteiger partial charge in [0.2, 0.25) is 0 Å². The molecule has 1 rings (SSSR count). The maximum Gasteiger partial charge on any atom is 0.303 e. The van der Waals surface area contributed by atoms with Gasteiger partial charge in [-0.1, -0.05) is 24.6 Å². The minimum Gasteiger partial charge on any atom is -0.508 e. The van der Waals surface area contributed by atoms with E-state index in [4.69, 9.17) is 16.7 Å². The van der Waals surface area contributed by atoms with Crippen molar-refractivity contribution < 1.29 is 15.0 Å². The summed E-state index contributed by atoms with van der Waals surface area (Å²) in [7, 11) is 0. The van der Waals surface area contributed by atoms with Crippen LogP contribution in [0.2, 0.25) is 5.02 Å². The van der Waals surface area contributed by atoms with Crippen LogP contribution >= 0.6 is 11.6 Å². The Balaban J connectivity index is 2.99. The molecule has 1 aromatic carbocycles. The maximum atomic E-state index is 10.5. The maximum absolute atomic E-state index is 10.5. The zero-order valence-electron chi connectivity index (χ0n) is 7.70. The van der Waals surface area contributed by atoms with Crippen LogP contribution in [0.15, 0.2) is 18.2 Å². The van der Waals surface area contributed by atoms with Crippen LogP contribution in [-0.2, 0) is 4.79 Å². The van der Waals surface area contributed by atoms with E-state index in [0.29, 0.717) is 10.6 Å². The first kappa shape index (κ1) is 10.9. The Kier molecular flexibility index (Phi) is 3.36. The fourth-order valence-corrected chi connectivity index (χ4v) is 1.73. The molecule has 4 heteroatoms. The van der Waals surface area contributed by atoms with Crippen LogP contribution in [0.4, 0.5) is 0 Å². The third-order valence-corrected chi connectivity index (χ3v) is 2.33. The van der Waals surface area contributed by atoms with E-state index in [-0.39, 0.29) is 18.1 Å². The van der Waals surface area contributed by atoms with E-state index in [1.807, 2.05) is 0 Å². The lowest BCUT2D eigenvalue weighted by Gasteiger charge is -2.12. The highest BCUT2D eigenvalue weighted by Crippen LogP contribution is 2.33. The monoisotopic (exact) mass is 214 g/mol. The average molecular weight is 215 g/mol. The molecule has 0 aliphatic heterocycles. The molecule has 0 saturated heterocycles. The highest BCUT2D eigenvalue weighted by Gasteiger charge is 2.16. The van der Waals surface area contributed by atoms with Gasteiger partial charge in [-0.15, -0.1) is 0 Å². The molecular weight excluding hydrogens is 204 g/mol. The molecule has 3 nitrogen and oxygen atoms in total. The van der Waals surface area contributed by atoms with Crippen LogP contribution in [0.3, 0.4) is 0 Å². The van der Waals surface area contributed by atoms with E-state index in [1.165, 1.54) is 6.07 Å². The number of hydrogen-bond donors (Lipinski definition) is 2. The molecule has 0 saturated carbocycles. The van der Waals surface area contributed by atoms with Crippen molar-refractivity contribution in [1.82, 2.24) is 0 Å². The Morgan fingerprint density at radius 2 is 2.21 bits per heavy atom. The summed E-state index contributed by atoms with van der Waals surface area (Å²) in [6.45, 7) is 1.72. The summed E-state index contributed by atoms with van der Waals surface area (Å²) in [5.74, 6) is -1.15. The number of rotatable bonds is 3. The zero-order chi connectivity index (χ0) is 10.7. The van der Waals surface area contributed by atoms with Crippen LogP contribution in [-0.4, -0.2) is 16.2 Å². The van der Waals surface area contributed by atoms with Crippen molar-refractivity contribution in [3.8, 4) is 5.75 Å². The van der Waals surface area contributed by atoms with E-state index in [0.717, 1.165) is 0 Å². The summed E-state index contributed by atoms with van der Waals surface area (Å²) in [5.41, 5.74) is 0.497. The third kappa shape index (κ3) is 2.39. The molecule has 1 unspecified atom stereocenters. The van der Waals surface area contributed by atoms with Gasteiger partial charge in [-0.2, -0.15) is 0 Å². The fourth-order valence-electron chi connectivity index (χ4n) is 1.38. The van der Waals surface area contributed by atoms with Crippen molar-refractivity contribution in [3.05, 3.63) is 28.8 Å². The van der Waals surface area contributed by atoms with Crippen LogP contribution in [0.25, 0.3) is 0 Å². The van der Waals surface area contributed by atoms with Crippen molar-refractivity contribution >= 4 is 17.6 Å². The first-order chi connectivity index (χ1) is 6.52. The summed E-state index contributed by atoms with van der Waals surface area (Å²) in [6, 6.07) is 4.75. The number of aromatic hydroxyl groups is 1. The van der Waals surface area contributed by atoms with Crippen molar-refractivity contribution in [2.45, 2.75) is 19.3 Å². The fraction of sp³-hybridized carbons (Fsp3) is 0.300. The van der Waals surface area contributed by atoms with Gasteiger partial charge in [0.15, 0.2) is 0 Å².